The molecule has 0 radical (unpaired) electrons. The van der Waals surface area contributed by atoms with Gasteiger partial charge in [-0.3, -0.25) is 57.6 Å². The number of amides is 10. The summed E-state index contributed by atoms with van der Waals surface area (Å²) in [5.74, 6) is -4.86. The molecule has 1 aliphatic heterocycles. The summed E-state index contributed by atoms with van der Waals surface area (Å²) >= 11 is 0. The van der Waals surface area contributed by atoms with Crippen LogP contribution in [0.3, 0.4) is 0 Å². The van der Waals surface area contributed by atoms with Gasteiger partial charge in [-0.25, -0.2) is 0 Å². The van der Waals surface area contributed by atoms with Crippen molar-refractivity contribution in [1.82, 2.24) is 40.0 Å². The van der Waals surface area contributed by atoms with Crippen molar-refractivity contribution in [2.24, 2.45) is 11.8 Å². The first kappa shape index (κ1) is 68.3. The van der Waals surface area contributed by atoms with E-state index in [9.17, 15) is 52.7 Å². The standard InChI is InChI=1S/C54H85N9O16/c1-37(2)51(57-43(64)15-13-12-14-22-63-46(67)18-19-47(63)68)53(73)55-39(5)52(72)56-42-17-16-40(36-79-54(74)38(3)4)41(31-42)32-59(8)44(65)20-23-75-25-27-77-29-30-78-28-26-76-24-21-45(66)60(9)34-49(70)62(11)35-50(71)61(10)33-48(69)58(6)7/h16-19,31,37-39,51H,12-15,20-30,32-36H2,1-11H3,(H,55,73)(H,56,72)(H,57,64)/t39-,51-/m0/s1. The Labute approximate surface area is 464 Å². The smallest absolute Gasteiger partial charge is 0.308 e. The monoisotopic (exact) mass is 1120 g/mol. The predicted octanol–water partition coefficient (Wildman–Crippen LogP) is 0.724. The maximum atomic E-state index is 13.4. The van der Waals surface area contributed by atoms with Crippen LogP contribution >= 0.6 is 0 Å². The van der Waals surface area contributed by atoms with Gasteiger partial charge in [0.05, 0.1) is 91.2 Å². The molecule has 442 valence electrons. The number of likely N-dealkylation sites (N-methyl/N-ethyl adjacent to an activating group) is 4. The Morgan fingerprint density at radius 1 is 0.544 bits per heavy atom. The van der Waals surface area contributed by atoms with E-state index in [4.69, 9.17) is 23.7 Å². The lowest BCUT2D eigenvalue weighted by Crippen LogP contribution is -2.53. The number of hydrogen-bond acceptors (Lipinski definition) is 16. The molecule has 10 amide bonds. The Hall–Kier alpha value is -6.83. The average molecular weight is 1120 g/mol. The van der Waals surface area contributed by atoms with Gasteiger partial charge in [0, 0.05) is 79.6 Å². The Morgan fingerprint density at radius 3 is 1.54 bits per heavy atom. The third kappa shape index (κ3) is 26.6. The van der Waals surface area contributed by atoms with E-state index in [-0.39, 0.29) is 159 Å². The number of nitrogens with zero attached hydrogens (tertiary/aromatic N) is 6. The number of benzene rings is 1. The van der Waals surface area contributed by atoms with Crippen molar-refractivity contribution < 1.29 is 76.4 Å². The van der Waals surface area contributed by atoms with E-state index in [1.54, 1.807) is 67.0 Å². The highest BCUT2D eigenvalue weighted by Crippen LogP contribution is 2.20. The van der Waals surface area contributed by atoms with Crippen LogP contribution in [0.15, 0.2) is 30.4 Å². The van der Waals surface area contributed by atoms with E-state index < -0.39 is 41.7 Å². The number of imide groups is 1. The van der Waals surface area contributed by atoms with Crippen molar-refractivity contribution in [2.75, 3.05) is 127 Å². The molecule has 0 aromatic heterocycles. The fraction of sp³-hybridized carbons (Fsp3) is 0.648. The van der Waals surface area contributed by atoms with Gasteiger partial charge in [-0.1, -0.05) is 40.2 Å². The summed E-state index contributed by atoms with van der Waals surface area (Å²) in [5, 5.41) is 8.23. The van der Waals surface area contributed by atoms with Gasteiger partial charge in [-0.15, -0.1) is 0 Å². The number of anilines is 1. The van der Waals surface area contributed by atoms with Gasteiger partial charge >= 0.3 is 5.97 Å². The number of rotatable bonds is 38. The highest BCUT2D eigenvalue weighted by atomic mass is 16.6. The summed E-state index contributed by atoms with van der Waals surface area (Å²) in [6.07, 6.45) is 4.29. The lowest BCUT2D eigenvalue weighted by Gasteiger charge is -2.24. The molecule has 1 aromatic carbocycles. The van der Waals surface area contributed by atoms with Gasteiger partial charge in [-0.2, -0.15) is 0 Å². The maximum Gasteiger partial charge on any atom is 0.308 e. The van der Waals surface area contributed by atoms with Crippen molar-refractivity contribution in [2.45, 2.75) is 98.4 Å². The topological polar surface area (TPSA) is 289 Å². The minimum Gasteiger partial charge on any atom is -0.461 e. The second-order valence-electron chi connectivity index (χ2n) is 20.0. The number of ether oxygens (including phenoxy) is 5. The van der Waals surface area contributed by atoms with Crippen LogP contribution < -0.4 is 16.0 Å². The van der Waals surface area contributed by atoms with Crippen molar-refractivity contribution in [3.63, 3.8) is 0 Å². The summed E-state index contributed by atoms with van der Waals surface area (Å²) < 4.78 is 27.6. The summed E-state index contributed by atoms with van der Waals surface area (Å²) in [4.78, 5) is 146. The molecule has 1 heterocycles. The largest absolute Gasteiger partial charge is 0.461 e. The van der Waals surface area contributed by atoms with E-state index in [1.165, 1.54) is 64.7 Å². The lowest BCUT2D eigenvalue weighted by atomic mass is 10.0. The number of unbranched alkanes of at least 4 members (excludes halogenated alkanes) is 2. The minimum atomic E-state index is -1.01. The number of esters is 1. The van der Waals surface area contributed by atoms with Crippen LogP contribution in [0.2, 0.25) is 0 Å². The van der Waals surface area contributed by atoms with Crippen LogP contribution in [0.1, 0.15) is 84.3 Å². The van der Waals surface area contributed by atoms with Gasteiger partial charge in [0.2, 0.25) is 47.3 Å². The number of hydrogen-bond donors (Lipinski definition) is 3. The van der Waals surface area contributed by atoms with Crippen LogP contribution in [0, 0.1) is 11.8 Å². The van der Waals surface area contributed by atoms with E-state index in [1.807, 2.05) is 0 Å². The number of carbonyl (C=O) groups is 11. The molecule has 1 aromatic rings. The summed E-state index contributed by atoms with van der Waals surface area (Å²) in [6, 6.07) is 3.04. The molecule has 0 unspecified atom stereocenters. The second-order valence-corrected chi connectivity index (χ2v) is 20.0. The number of carbonyl (C=O) groups excluding carboxylic acids is 11. The van der Waals surface area contributed by atoms with Crippen LogP contribution in [-0.4, -0.2) is 228 Å². The molecule has 0 fully saturated rings. The van der Waals surface area contributed by atoms with Crippen molar-refractivity contribution in [1.29, 1.82) is 0 Å². The summed E-state index contributed by atoms with van der Waals surface area (Å²) in [7, 11) is 9.19. The molecule has 79 heavy (non-hydrogen) atoms. The molecule has 25 nitrogen and oxygen atoms in total. The highest BCUT2D eigenvalue weighted by Gasteiger charge is 2.28. The van der Waals surface area contributed by atoms with Gasteiger partial charge in [-0.05, 0) is 48.9 Å². The Morgan fingerprint density at radius 2 is 1.04 bits per heavy atom. The average Bonchev–Trinajstić information content (AvgIpc) is 3.73. The maximum absolute atomic E-state index is 13.4. The Kier molecular flexibility index (Phi) is 31.4. The molecule has 0 spiro atoms. The SMILES string of the molecule is CC(C)C(=O)OCc1ccc(NC(=O)[C@H](C)NC(=O)[C@@H](NC(=O)CCCCCN2C(=O)C=CC2=O)C(C)C)cc1CN(C)C(=O)CCOCCOCCOCCOCCC(=O)N(C)CC(=O)N(C)CC(=O)N(C)CC(=O)N(C)C. The molecule has 0 bridgehead atoms. The van der Waals surface area contributed by atoms with Gasteiger partial charge in [0.25, 0.3) is 11.8 Å². The van der Waals surface area contributed by atoms with E-state index in [2.05, 4.69) is 16.0 Å². The molecule has 0 saturated carbocycles. The van der Waals surface area contributed by atoms with Crippen LogP contribution in [-0.2, 0) is 89.6 Å². The Bertz CT molecular complexity index is 2240. The normalized spacial score (nSPS) is 12.7. The first-order chi connectivity index (χ1) is 37.3. The van der Waals surface area contributed by atoms with Crippen LogP contribution in [0.4, 0.5) is 5.69 Å². The van der Waals surface area contributed by atoms with E-state index in [0.717, 1.165) is 4.90 Å². The molecular weight excluding hydrogens is 1030 g/mol. The zero-order valence-corrected chi connectivity index (χ0v) is 48.1. The molecule has 3 N–H and O–H groups in total. The molecule has 1 aliphatic rings. The Balaban J connectivity index is 1.72. The summed E-state index contributed by atoms with van der Waals surface area (Å²) in [5.41, 5.74) is 1.58. The van der Waals surface area contributed by atoms with Gasteiger partial charge < -0.3 is 64.1 Å². The zero-order valence-electron chi connectivity index (χ0n) is 48.1. The third-order valence-electron chi connectivity index (χ3n) is 12.3. The zero-order chi connectivity index (χ0) is 59.2. The van der Waals surface area contributed by atoms with Crippen molar-refractivity contribution in [3.8, 4) is 0 Å². The third-order valence-corrected chi connectivity index (χ3v) is 12.3. The highest BCUT2D eigenvalue weighted by molar-refractivity contribution is 6.12. The molecule has 2 rings (SSSR count). The second kappa shape index (κ2) is 36.4. The fourth-order valence-electron chi connectivity index (χ4n) is 7.15. The quantitative estimate of drug-likeness (QED) is 0.0467. The van der Waals surface area contributed by atoms with Gasteiger partial charge in [0.15, 0.2) is 0 Å². The van der Waals surface area contributed by atoms with Crippen molar-refractivity contribution >= 4 is 70.7 Å². The molecule has 2 atom stereocenters. The summed E-state index contributed by atoms with van der Waals surface area (Å²) in [6.45, 7) is 9.97. The number of nitrogens with one attached hydrogen (secondary N) is 3. The van der Waals surface area contributed by atoms with E-state index >= 15 is 0 Å². The minimum absolute atomic E-state index is 0.0395. The predicted molar refractivity (Wildman–Crippen MR) is 289 cm³/mol. The fourth-order valence-corrected chi connectivity index (χ4v) is 7.15. The van der Waals surface area contributed by atoms with Gasteiger partial charge in [0.1, 0.15) is 18.7 Å². The first-order valence-corrected chi connectivity index (χ1v) is 26.5. The van der Waals surface area contributed by atoms with Crippen molar-refractivity contribution in [3.05, 3.63) is 41.5 Å². The molecule has 0 saturated heterocycles. The molecular formula is C54H85N9O16. The first-order valence-electron chi connectivity index (χ1n) is 26.5. The van der Waals surface area contributed by atoms with Crippen LogP contribution in [0.25, 0.3) is 0 Å². The molecule has 25 heteroatoms. The van der Waals surface area contributed by atoms with Crippen LogP contribution in [0.5, 0.6) is 0 Å². The lowest BCUT2D eigenvalue weighted by molar-refractivity contribution is -0.148. The van der Waals surface area contributed by atoms with E-state index in [0.29, 0.717) is 36.1 Å². The molecule has 0 aliphatic carbocycles.